The predicted octanol–water partition coefficient (Wildman–Crippen LogP) is 2.53. The van der Waals surface area contributed by atoms with Gasteiger partial charge < -0.3 is 15.6 Å². The molecule has 16 heavy (non-hydrogen) atoms. The van der Waals surface area contributed by atoms with Crippen molar-refractivity contribution in [1.29, 1.82) is 0 Å². The highest BCUT2D eigenvalue weighted by molar-refractivity contribution is 5.91. The third-order valence-corrected chi connectivity index (χ3v) is 2.44. The predicted molar refractivity (Wildman–Crippen MR) is 62.8 cm³/mol. The third-order valence-electron chi connectivity index (χ3n) is 2.44. The minimum absolute atomic E-state index is 0.0277. The van der Waals surface area contributed by atoms with Gasteiger partial charge in [0, 0.05) is 11.8 Å². The summed E-state index contributed by atoms with van der Waals surface area (Å²) in [6, 6.07) is 4.58. The molecule has 1 aromatic carbocycles. The average molecular weight is 223 g/mol. The quantitative estimate of drug-likeness (QED) is 0.752. The second kappa shape index (κ2) is 5.39. The molecule has 88 valence electrons. The molecule has 0 saturated heterocycles. The number of carboxylic acids is 1. The molecule has 0 aliphatic heterocycles. The van der Waals surface area contributed by atoms with Gasteiger partial charge >= 0.3 is 5.97 Å². The fraction of sp³-hybridized carbons (Fsp3) is 0.417. The molecule has 3 N–H and O–H groups in total. The van der Waals surface area contributed by atoms with Gasteiger partial charge in [-0.3, -0.25) is 0 Å². The first-order chi connectivity index (χ1) is 7.58. The van der Waals surface area contributed by atoms with Crippen molar-refractivity contribution < 1.29 is 14.6 Å². The molecule has 0 atom stereocenters. The zero-order valence-electron chi connectivity index (χ0n) is 9.56. The standard InChI is InChI=1S/C12H17NO3/c1-3-9(4-2)16-11-7-8(13)5-6-10(11)12(14)15/h5-7,9H,3-4,13H2,1-2H3,(H,14,15). The van der Waals surface area contributed by atoms with Crippen LogP contribution in [0.1, 0.15) is 37.0 Å². The van der Waals surface area contributed by atoms with Gasteiger partial charge in [-0.25, -0.2) is 4.79 Å². The Labute approximate surface area is 95.0 Å². The van der Waals surface area contributed by atoms with Crippen LogP contribution >= 0.6 is 0 Å². The molecular weight excluding hydrogens is 206 g/mol. The number of nitrogen functional groups attached to an aromatic ring is 1. The first kappa shape index (κ1) is 12.4. The molecule has 0 fully saturated rings. The molecule has 0 aliphatic rings. The van der Waals surface area contributed by atoms with Crippen LogP contribution in [0, 0.1) is 0 Å². The zero-order chi connectivity index (χ0) is 12.1. The van der Waals surface area contributed by atoms with Crippen molar-refractivity contribution in [3.8, 4) is 5.75 Å². The summed E-state index contributed by atoms with van der Waals surface area (Å²) in [5, 5.41) is 8.99. The van der Waals surface area contributed by atoms with Gasteiger partial charge in [0.15, 0.2) is 0 Å². The smallest absolute Gasteiger partial charge is 0.339 e. The van der Waals surface area contributed by atoms with Crippen LogP contribution in [0.15, 0.2) is 18.2 Å². The Kier molecular flexibility index (Phi) is 4.17. The van der Waals surface area contributed by atoms with E-state index in [1.807, 2.05) is 13.8 Å². The number of hydrogen-bond donors (Lipinski definition) is 2. The Morgan fingerprint density at radius 1 is 1.44 bits per heavy atom. The molecule has 0 saturated carbocycles. The Morgan fingerprint density at radius 3 is 2.56 bits per heavy atom. The SMILES string of the molecule is CCC(CC)Oc1cc(N)ccc1C(=O)O. The minimum atomic E-state index is -0.999. The molecule has 0 amide bonds. The van der Waals surface area contributed by atoms with Gasteiger partial charge in [-0.05, 0) is 25.0 Å². The highest BCUT2D eigenvalue weighted by atomic mass is 16.5. The lowest BCUT2D eigenvalue weighted by atomic mass is 10.1. The molecule has 0 bridgehead atoms. The summed E-state index contributed by atoms with van der Waals surface area (Å²) in [4.78, 5) is 11.0. The first-order valence-electron chi connectivity index (χ1n) is 5.37. The maximum absolute atomic E-state index is 11.0. The lowest BCUT2D eigenvalue weighted by Gasteiger charge is -2.17. The Morgan fingerprint density at radius 2 is 2.06 bits per heavy atom. The average Bonchev–Trinajstić information content (AvgIpc) is 2.25. The van der Waals surface area contributed by atoms with E-state index >= 15 is 0 Å². The summed E-state index contributed by atoms with van der Waals surface area (Å²) in [6.07, 6.45) is 1.70. The number of anilines is 1. The molecule has 0 spiro atoms. The Bertz CT molecular complexity index is 373. The molecule has 0 unspecified atom stereocenters. The molecule has 0 radical (unpaired) electrons. The number of rotatable bonds is 5. The fourth-order valence-corrected chi connectivity index (χ4v) is 1.45. The van der Waals surface area contributed by atoms with Gasteiger partial charge in [0.1, 0.15) is 11.3 Å². The normalized spacial score (nSPS) is 10.4. The van der Waals surface area contributed by atoms with Crippen LogP contribution in [0.4, 0.5) is 5.69 Å². The van der Waals surface area contributed by atoms with E-state index in [1.54, 1.807) is 12.1 Å². The van der Waals surface area contributed by atoms with Crippen LogP contribution in [0.5, 0.6) is 5.75 Å². The van der Waals surface area contributed by atoms with Gasteiger partial charge in [-0.1, -0.05) is 13.8 Å². The maximum Gasteiger partial charge on any atom is 0.339 e. The summed E-state index contributed by atoms with van der Waals surface area (Å²) in [5.74, 6) is -0.651. The van der Waals surface area contributed by atoms with Gasteiger partial charge in [-0.2, -0.15) is 0 Å². The summed E-state index contributed by atoms with van der Waals surface area (Å²) < 4.78 is 5.63. The first-order valence-corrected chi connectivity index (χ1v) is 5.37. The summed E-state index contributed by atoms with van der Waals surface area (Å²) in [7, 11) is 0. The van der Waals surface area contributed by atoms with E-state index in [1.165, 1.54) is 6.07 Å². The Balaban J connectivity index is 3.00. The third kappa shape index (κ3) is 2.89. The summed E-state index contributed by atoms with van der Waals surface area (Å²) >= 11 is 0. The number of aromatic carboxylic acids is 1. The fourth-order valence-electron chi connectivity index (χ4n) is 1.45. The minimum Gasteiger partial charge on any atom is -0.489 e. The van der Waals surface area contributed by atoms with E-state index in [2.05, 4.69) is 0 Å². The van der Waals surface area contributed by atoms with E-state index in [0.29, 0.717) is 11.4 Å². The van der Waals surface area contributed by atoms with E-state index in [9.17, 15) is 4.79 Å². The van der Waals surface area contributed by atoms with Crippen LogP contribution in [0.25, 0.3) is 0 Å². The number of hydrogen-bond acceptors (Lipinski definition) is 3. The van der Waals surface area contributed by atoms with Crippen molar-refractivity contribution >= 4 is 11.7 Å². The molecular formula is C12H17NO3. The van der Waals surface area contributed by atoms with Gasteiger partial charge in [0.05, 0.1) is 6.10 Å². The number of ether oxygens (including phenoxy) is 1. The van der Waals surface area contributed by atoms with Crippen molar-refractivity contribution in [1.82, 2.24) is 0 Å². The van der Waals surface area contributed by atoms with Crippen molar-refractivity contribution in [2.75, 3.05) is 5.73 Å². The molecule has 4 heteroatoms. The molecule has 0 aliphatic carbocycles. The summed E-state index contributed by atoms with van der Waals surface area (Å²) in [6.45, 7) is 4.00. The molecule has 0 aromatic heterocycles. The second-order valence-corrected chi connectivity index (χ2v) is 3.62. The maximum atomic E-state index is 11.0. The zero-order valence-corrected chi connectivity index (χ0v) is 9.56. The van der Waals surface area contributed by atoms with Crippen LogP contribution in [0.2, 0.25) is 0 Å². The topological polar surface area (TPSA) is 72.5 Å². The lowest BCUT2D eigenvalue weighted by molar-refractivity contribution is 0.0688. The van der Waals surface area contributed by atoms with Crippen molar-refractivity contribution in [3.05, 3.63) is 23.8 Å². The monoisotopic (exact) mass is 223 g/mol. The highest BCUT2D eigenvalue weighted by Gasteiger charge is 2.14. The molecule has 1 rings (SSSR count). The van der Waals surface area contributed by atoms with Crippen LogP contribution in [-0.2, 0) is 0 Å². The van der Waals surface area contributed by atoms with Crippen LogP contribution in [0.3, 0.4) is 0 Å². The number of carboxylic acid groups (broad SMARTS) is 1. The van der Waals surface area contributed by atoms with E-state index < -0.39 is 5.97 Å². The van der Waals surface area contributed by atoms with Gasteiger partial charge in [-0.15, -0.1) is 0 Å². The van der Waals surface area contributed by atoms with Crippen LogP contribution < -0.4 is 10.5 Å². The summed E-state index contributed by atoms with van der Waals surface area (Å²) in [5.41, 5.74) is 6.27. The van der Waals surface area contributed by atoms with E-state index in [0.717, 1.165) is 12.8 Å². The van der Waals surface area contributed by atoms with Crippen LogP contribution in [-0.4, -0.2) is 17.2 Å². The highest BCUT2D eigenvalue weighted by Crippen LogP contribution is 2.24. The molecule has 0 heterocycles. The van der Waals surface area contributed by atoms with Crippen molar-refractivity contribution in [2.24, 2.45) is 0 Å². The number of carbonyl (C=O) groups is 1. The molecule has 1 aromatic rings. The molecule has 4 nitrogen and oxygen atoms in total. The van der Waals surface area contributed by atoms with Crippen molar-refractivity contribution in [3.63, 3.8) is 0 Å². The largest absolute Gasteiger partial charge is 0.489 e. The van der Waals surface area contributed by atoms with E-state index in [-0.39, 0.29) is 11.7 Å². The van der Waals surface area contributed by atoms with Crippen molar-refractivity contribution in [2.45, 2.75) is 32.8 Å². The number of benzene rings is 1. The Hall–Kier alpha value is -1.71. The lowest BCUT2D eigenvalue weighted by Crippen LogP contribution is -2.16. The second-order valence-electron chi connectivity index (χ2n) is 3.62. The van der Waals surface area contributed by atoms with E-state index in [4.69, 9.17) is 15.6 Å². The van der Waals surface area contributed by atoms with Gasteiger partial charge in [0.2, 0.25) is 0 Å². The number of nitrogens with two attached hydrogens (primary N) is 1. The van der Waals surface area contributed by atoms with Gasteiger partial charge in [0.25, 0.3) is 0 Å².